The minimum Gasteiger partial charge on any atom is -0.483 e. The molecule has 2 rings (SSSR count). The number of rotatable bonds is 9. The van der Waals surface area contributed by atoms with E-state index in [1.165, 1.54) is 0 Å². The van der Waals surface area contributed by atoms with Gasteiger partial charge in [0.05, 0.1) is 0 Å². The van der Waals surface area contributed by atoms with E-state index in [-0.39, 0.29) is 24.5 Å². The van der Waals surface area contributed by atoms with E-state index in [0.29, 0.717) is 23.7 Å². The number of nitrogens with zero attached hydrogens (tertiary/aromatic N) is 1. The van der Waals surface area contributed by atoms with Crippen LogP contribution in [0.15, 0.2) is 36.4 Å². The molecule has 5 nitrogen and oxygen atoms in total. The smallest absolute Gasteiger partial charge is 0.261 e. The molecular formula is C25H33ClN2O3. The maximum Gasteiger partial charge on any atom is 0.261 e. The van der Waals surface area contributed by atoms with Crippen molar-refractivity contribution in [3.05, 3.63) is 63.7 Å². The lowest BCUT2D eigenvalue weighted by molar-refractivity contribution is -0.143. The fourth-order valence-electron chi connectivity index (χ4n) is 3.46. The average molecular weight is 445 g/mol. The zero-order chi connectivity index (χ0) is 23.1. The molecule has 0 aliphatic rings. The van der Waals surface area contributed by atoms with Crippen LogP contribution in [0, 0.1) is 20.8 Å². The van der Waals surface area contributed by atoms with Crippen LogP contribution < -0.4 is 10.1 Å². The van der Waals surface area contributed by atoms with Crippen LogP contribution in [0.4, 0.5) is 0 Å². The summed E-state index contributed by atoms with van der Waals surface area (Å²) in [5.41, 5.74) is 4.10. The summed E-state index contributed by atoms with van der Waals surface area (Å²) in [5, 5.41) is 3.55. The van der Waals surface area contributed by atoms with Gasteiger partial charge in [0, 0.05) is 17.6 Å². The first kappa shape index (κ1) is 24.7. The summed E-state index contributed by atoms with van der Waals surface area (Å²) >= 11 is 6.00. The molecule has 6 heteroatoms. The van der Waals surface area contributed by atoms with Gasteiger partial charge in [0.25, 0.3) is 5.91 Å². The number of carbonyl (C=O) groups is 2. The number of aryl methyl sites for hydroxylation is 2. The zero-order valence-electron chi connectivity index (χ0n) is 19.3. The Morgan fingerprint density at radius 2 is 1.74 bits per heavy atom. The molecule has 0 fully saturated rings. The van der Waals surface area contributed by atoms with E-state index in [1.807, 2.05) is 59.7 Å². The third-order valence-electron chi connectivity index (χ3n) is 5.20. The van der Waals surface area contributed by atoms with E-state index in [1.54, 1.807) is 17.0 Å². The first-order valence-corrected chi connectivity index (χ1v) is 11.0. The molecule has 0 bridgehead atoms. The lowest BCUT2D eigenvalue weighted by atomic mass is 10.1. The molecule has 0 unspecified atom stereocenters. The Balaban J connectivity index is 2.26. The highest BCUT2D eigenvalue weighted by atomic mass is 35.5. The van der Waals surface area contributed by atoms with Crippen LogP contribution in [-0.2, 0) is 16.1 Å². The monoisotopic (exact) mass is 444 g/mol. The molecule has 31 heavy (non-hydrogen) atoms. The van der Waals surface area contributed by atoms with Gasteiger partial charge in [-0.3, -0.25) is 9.59 Å². The molecule has 0 radical (unpaired) electrons. The predicted octanol–water partition coefficient (Wildman–Crippen LogP) is 4.98. The van der Waals surface area contributed by atoms with Crippen LogP contribution in [-0.4, -0.2) is 35.4 Å². The second-order valence-electron chi connectivity index (χ2n) is 8.23. The number of hydrogen-bond donors (Lipinski definition) is 1. The predicted molar refractivity (Wildman–Crippen MR) is 126 cm³/mol. The van der Waals surface area contributed by atoms with E-state index < -0.39 is 6.04 Å². The van der Waals surface area contributed by atoms with Crippen LogP contribution in [0.5, 0.6) is 5.75 Å². The van der Waals surface area contributed by atoms with E-state index >= 15 is 0 Å². The van der Waals surface area contributed by atoms with Gasteiger partial charge in [-0.1, -0.05) is 36.7 Å². The quantitative estimate of drug-likeness (QED) is 0.593. The van der Waals surface area contributed by atoms with Gasteiger partial charge in [-0.25, -0.2) is 0 Å². The van der Waals surface area contributed by atoms with E-state index in [2.05, 4.69) is 11.4 Å². The molecule has 0 saturated heterocycles. The van der Waals surface area contributed by atoms with Gasteiger partial charge in [0.15, 0.2) is 6.61 Å². The third kappa shape index (κ3) is 7.00. The molecular weight excluding hydrogens is 412 g/mol. The first-order valence-electron chi connectivity index (χ1n) is 10.7. The van der Waals surface area contributed by atoms with Gasteiger partial charge in [-0.05, 0) is 81.5 Å². The number of ether oxygens (including phenoxy) is 1. The largest absolute Gasteiger partial charge is 0.483 e. The summed E-state index contributed by atoms with van der Waals surface area (Å²) in [6.07, 6.45) is 0.500. The lowest BCUT2D eigenvalue weighted by Gasteiger charge is -2.31. The third-order valence-corrected chi connectivity index (χ3v) is 5.45. The fourth-order valence-corrected chi connectivity index (χ4v) is 3.59. The van der Waals surface area contributed by atoms with Crippen molar-refractivity contribution in [1.82, 2.24) is 10.2 Å². The lowest BCUT2D eigenvalue weighted by Crippen LogP contribution is -2.51. The second-order valence-corrected chi connectivity index (χ2v) is 8.67. The van der Waals surface area contributed by atoms with Crippen LogP contribution in [0.25, 0.3) is 0 Å². The van der Waals surface area contributed by atoms with Gasteiger partial charge in [0.2, 0.25) is 5.91 Å². The van der Waals surface area contributed by atoms with Gasteiger partial charge in [0.1, 0.15) is 11.8 Å². The molecule has 0 saturated carbocycles. The molecule has 0 aliphatic heterocycles. The van der Waals surface area contributed by atoms with Crippen molar-refractivity contribution in [2.45, 2.75) is 66.6 Å². The number of halogens is 1. The highest BCUT2D eigenvalue weighted by Gasteiger charge is 2.29. The normalized spacial score (nSPS) is 11.9. The molecule has 0 aromatic heterocycles. The molecule has 0 aliphatic carbocycles. The Hall–Kier alpha value is -2.53. The van der Waals surface area contributed by atoms with Crippen LogP contribution >= 0.6 is 11.6 Å². The zero-order valence-corrected chi connectivity index (χ0v) is 20.0. The number of nitrogens with one attached hydrogen (secondary N) is 1. The Morgan fingerprint density at radius 3 is 2.32 bits per heavy atom. The number of amides is 2. The summed E-state index contributed by atoms with van der Waals surface area (Å²) in [7, 11) is 0. The molecule has 0 heterocycles. The Labute approximate surface area is 190 Å². The highest BCUT2D eigenvalue weighted by Crippen LogP contribution is 2.24. The minimum atomic E-state index is -0.588. The van der Waals surface area contributed by atoms with Crippen molar-refractivity contribution in [3.8, 4) is 5.75 Å². The standard InChI is InChI=1S/C25H33ClN2O3/c1-7-22(25(30)27-16(2)3)28(14-20-8-10-21(26)11-9-20)24(29)15-31-23-13-17(4)12-18(5)19(23)6/h8-13,16,22H,7,14-15H2,1-6H3,(H,27,30)/t22-/m0/s1. The molecule has 2 amide bonds. The Morgan fingerprint density at radius 1 is 1.10 bits per heavy atom. The molecule has 1 N–H and O–H groups in total. The minimum absolute atomic E-state index is 0.0109. The van der Waals surface area contributed by atoms with Crippen LogP contribution in [0.1, 0.15) is 49.4 Å². The van der Waals surface area contributed by atoms with Crippen LogP contribution in [0.2, 0.25) is 5.02 Å². The van der Waals surface area contributed by atoms with E-state index in [9.17, 15) is 9.59 Å². The topological polar surface area (TPSA) is 58.6 Å². The molecule has 1 atom stereocenters. The average Bonchev–Trinajstić information content (AvgIpc) is 2.70. The fraction of sp³-hybridized carbons (Fsp3) is 0.440. The second kappa shape index (κ2) is 11.2. The van der Waals surface area contributed by atoms with Gasteiger partial charge in [-0.2, -0.15) is 0 Å². The van der Waals surface area contributed by atoms with Gasteiger partial charge >= 0.3 is 0 Å². The highest BCUT2D eigenvalue weighted by molar-refractivity contribution is 6.30. The van der Waals surface area contributed by atoms with E-state index in [0.717, 1.165) is 22.3 Å². The Bertz CT molecular complexity index is 910. The van der Waals surface area contributed by atoms with Crippen molar-refractivity contribution in [1.29, 1.82) is 0 Å². The summed E-state index contributed by atoms with van der Waals surface area (Å²) in [5.74, 6) is 0.290. The summed E-state index contributed by atoms with van der Waals surface area (Å²) < 4.78 is 5.91. The van der Waals surface area contributed by atoms with Crippen molar-refractivity contribution >= 4 is 23.4 Å². The van der Waals surface area contributed by atoms with Gasteiger partial charge in [-0.15, -0.1) is 0 Å². The molecule has 2 aromatic carbocycles. The van der Waals surface area contributed by atoms with Crippen molar-refractivity contribution in [2.24, 2.45) is 0 Å². The van der Waals surface area contributed by atoms with E-state index in [4.69, 9.17) is 16.3 Å². The number of carbonyl (C=O) groups excluding carboxylic acids is 2. The maximum atomic E-state index is 13.3. The van der Waals surface area contributed by atoms with Crippen molar-refractivity contribution in [2.75, 3.05) is 6.61 Å². The Kier molecular flexibility index (Phi) is 8.93. The molecule has 0 spiro atoms. The summed E-state index contributed by atoms with van der Waals surface area (Å²) in [6.45, 7) is 11.9. The number of benzene rings is 2. The van der Waals surface area contributed by atoms with Crippen LogP contribution in [0.3, 0.4) is 0 Å². The number of hydrogen-bond acceptors (Lipinski definition) is 3. The maximum absolute atomic E-state index is 13.3. The summed E-state index contributed by atoms with van der Waals surface area (Å²) in [4.78, 5) is 27.7. The van der Waals surface area contributed by atoms with Gasteiger partial charge < -0.3 is 15.0 Å². The first-order chi connectivity index (χ1) is 14.6. The van der Waals surface area contributed by atoms with Crippen molar-refractivity contribution in [3.63, 3.8) is 0 Å². The van der Waals surface area contributed by atoms with Crippen molar-refractivity contribution < 1.29 is 14.3 Å². The summed E-state index contributed by atoms with van der Waals surface area (Å²) in [6, 6.07) is 10.7. The molecule has 168 valence electrons. The SMILES string of the molecule is CC[C@@H](C(=O)NC(C)C)N(Cc1ccc(Cl)cc1)C(=O)COc1cc(C)cc(C)c1C. The molecule has 2 aromatic rings.